The monoisotopic (exact) mass is 265 g/mol. The maximum atomic E-state index is 12.6. The summed E-state index contributed by atoms with van der Waals surface area (Å²) in [4.78, 5) is 14.4. The van der Waals surface area contributed by atoms with Crippen LogP contribution in [0.4, 0.5) is 0 Å². The fourth-order valence-corrected chi connectivity index (χ4v) is 4.59. The van der Waals surface area contributed by atoms with Crippen LogP contribution < -0.4 is 5.73 Å². The Bertz CT molecular complexity index is 393. The number of carbonyl (C=O) groups is 1. The summed E-state index contributed by atoms with van der Waals surface area (Å²) < 4.78 is 0. The van der Waals surface area contributed by atoms with Gasteiger partial charge in [-0.2, -0.15) is 0 Å². The molecular formula is C14H23N3O2. The largest absolute Gasteiger partial charge is 0.409 e. The Kier molecular flexibility index (Phi) is 3.15. The van der Waals surface area contributed by atoms with Crippen molar-refractivity contribution < 1.29 is 10.0 Å². The molecule has 3 aliphatic carbocycles. The van der Waals surface area contributed by atoms with E-state index in [1.807, 2.05) is 11.8 Å². The van der Waals surface area contributed by atoms with E-state index in [2.05, 4.69) is 5.16 Å². The zero-order valence-corrected chi connectivity index (χ0v) is 11.5. The van der Waals surface area contributed by atoms with Crippen molar-refractivity contribution in [1.82, 2.24) is 4.90 Å². The highest BCUT2D eigenvalue weighted by Crippen LogP contribution is 2.69. The Balaban J connectivity index is 1.58. The summed E-state index contributed by atoms with van der Waals surface area (Å²) in [5.74, 6) is 3.81. The van der Waals surface area contributed by atoms with Crippen molar-refractivity contribution in [3.8, 4) is 0 Å². The van der Waals surface area contributed by atoms with Gasteiger partial charge >= 0.3 is 0 Å². The predicted octanol–water partition coefficient (Wildman–Crippen LogP) is 1.26. The lowest BCUT2D eigenvalue weighted by Gasteiger charge is -2.22. The molecule has 3 saturated carbocycles. The Hall–Kier alpha value is -1.26. The molecule has 3 N–H and O–H groups in total. The molecule has 3 aliphatic rings. The van der Waals surface area contributed by atoms with Crippen LogP contribution in [0.15, 0.2) is 5.16 Å². The normalized spacial score (nSPS) is 39.2. The van der Waals surface area contributed by atoms with Crippen molar-refractivity contribution in [2.45, 2.75) is 32.6 Å². The number of carbonyl (C=O) groups excluding carboxylic acids is 1. The first-order valence-electron chi connectivity index (χ1n) is 7.42. The van der Waals surface area contributed by atoms with Gasteiger partial charge in [0.15, 0.2) is 0 Å². The fourth-order valence-electron chi connectivity index (χ4n) is 4.59. The van der Waals surface area contributed by atoms with Crippen molar-refractivity contribution in [2.75, 3.05) is 13.1 Å². The van der Waals surface area contributed by atoms with Crippen LogP contribution in [-0.2, 0) is 4.79 Å². The summed E-state index contributed by atoms with van der Waals surface area (Å²) in [5, 5.41) is 11.5. The second kappa shape index (κ2) is 4.69. The van der Waals surface area contributed by atoms with Gasteiger partial charge < -0.3 is 15.8 Å². The van der Waals surface area contributed by atoms with E-state index in [1.54, 1.807) is 0 Å². The van der Waals surface area contributed by atoms with Gasteiger partial charge in [0.05, 0.1) is 0 Å². The maximum absolute atomic E-state index is 12.6. The van der Waals surface area contributed by atoms with Crippen LogP contribution in [0.1, 0.15) is 32.6 Å². The molecule has 0 radical (unpaired) electrons. The fraction of sp³-hybridized carbons (Fsp3) is 0.857. The standard InChI is InChI=1S/C14H23N3O2/c1-2-17(6-5-10(15)16-19)14(18)13-11-8-3-4-9(7-8)12(11)13/h8-9,11-13,19H,2-7H2,1H3,(H2,15,16). The van der Waals surface area contributed by atoms with Gasteiger partial charge in [-0.25, -0.2) is 0 Å². The van der Waals surface area contributed by atoms with Crippen molar-refractivity contribution in [3.63, 3.8) is 0 Å². The molecule has 4 atom stereocenters. The molecule has 0 aromatic carbocycles. The smallest absolute Gasteiger partial charge is 0.226 e. The van der Waals surface area contributed by atoms with E-state index < -0.39 is 0 Å². The highest BCUT2D eigenvalue weighted by molar-refractivity contribution is 5.84. The topological polar surface area (TPSA) is 78.9 Å². The van der Waals surface area contributed by atoms with Crippen LogP contribution in [0.2, 0.25) is 0 Å². The Labute approximate surface area is 113 Å². The van der Waals surface area contributed by atoms with E-state index in [4.69, 9.17) is 10.9 Å². The molecule has 1 amide bonds. The molecule has 3 fully saturated rings. The van der Waals surface area contributed by atoms with Gasteiger partial charge in [-0.3, -0.25) is 4.79 Å². The zero-order chi connectivity index (χ0) is 13.6. The summed E-state index contributed by atoms with van der Waals surface area (Å²) in [7, 11) is 0. The molecule has 0 aromatic rings. The molecule has 5 nitrogen and oxygen atoms in total. The molecule has 0 spiro atoms. The van der Waals surface area contributed by atoms with E-state index in [0.29, 0.717) is 43.2 Å². The van der Waals surface area contributed by atoms with Gasteiger partial charge in [0, 0.05) is 25.4 Å². The molecule has 0 aromatic heterocycles. The van der Waals surface area contributed by atoms with Crippen LogP contribution in [0.25, 0.3) is 0 Å². The number of oxime groups is 1. The Morgan fingerprint density at radius 3 is 2.53 bits per heavy atom. The number of fused-ring (bicyclic) bond motifs is 5. The number of nitrogens with two attached hydrogens (primary N) is 1. The minimum Gasteiger partial charge on any atom is -0.409 e. The average molecular weight is 265 g/mol. The Morgan fingerprint density at radius 2 is 2.00 bits per heavy atom. The molecule has 4 unspecified atom stereocenters. The molecule has 0 heterocycles. The number of amidine groups is 1. The van der Waals surface area contributed by atoms with Crippen LogP contribution in [0, 0.1) is 29.6 Å². The molecule has 19 heavy (non-hydrogen) atoms. The number of hydrogen-bond donors (Lipinski definition) is 2. The quantitative estimate of drug-likeness (QED) is 0.340. The van der Waals surface area contributed by atoms with Gasteiger partial charge in [-0.05, 0) is 49.9 Å². The second-order valence-corrected chi connectivity index (χ2v) is 6.27. The summed E-state index contributed by atoms with van der Waals surface area (Å²) in [6.07, 6.45) is 4.50. The summed E-state index contributed by atoms with van der Waals surface area (Å²) in [5.41, 5.74) is 5.48. The molecule has 3 rings (SSSR count). The first kappa shape index (κ1) is 12.8. The lowest BCUT2D eigenvalue weighted by molar-refractivity contribution is -0.133. The van der Waals surface area contributed by atoms with E-state index in [-0.39, 0.29) is 5.84 Å². The average Bonchev–Trinajstić information content (AvgIpc) is 2.86. The predicted molar refractivity (Wildman–Crippen MR) is 71.6 cm³/mol. The van der Waals surface area contributed by atoms with Crippen molar-refractivity contribution in [2.24, 2.45) is 40.5 Å². The van der Waals surface area contributed by atoms with Gasteiger partial charge in [0.25, 0.3) is 0 Å². The number of hydrogen-bond acceptors (Lipinski definition) is 3. The van der Waals surface area contributed by atoms with Crippen LogP contribution in [0.5, 0.6) is 0 Å². The molecule has 106 valence electrons. The highest BCUT2D eigenvalue weighted by atomic mass is 16.4. The molecule has 0 saturated heterocycles. The van der Waals surface area contributed by atoms with Gasteiger partial charge in [-0.1, -0.05) is 5.16 Å². The number of rotatable bonds is 5. The third kappa shape index (κ3) is 1.99. The Morgan fingerprint density at radius 1 is 1.37 bits per heavy atom. The highest BCUT2D eigenvalue weighted by Gasteiger charge is 2.67. The molecule has 2 bridgehead atoms. The van der Waals surface area contributed by atoms with E-state index in [0.717, 1.165) is 11.8 Å². The summed E-state index contributed by atoms with van der Waals surface area (Å²) in [6.45, 7) is 3.27. The lowest BCUT2D eigenvalue weighted by atomic mass is 10.0. The lowest BCUT2D eigenvalue weighted by Crippen LogP contribution is -2.36. The van der Waals surface area contributed by atoms with E-state index in [1.165, 1.54) is 19.3 Å². The molecular weight excluding hydrogens is 242 g/mol. The van der Waals surface area contributed by atoms with Crippen molar-refractivity contribution >= 4 is 11.7 Å². The summed E-state index contributed by atoms with van der Waals surface area (Å²) >= 11 is 0. The van der Waals surface area contributed by atoms with Crippen molar-refractivity contribution in [1.29, 1.82) is 0 Å². The third-order valence-electron chi connectivity index (χ3n) is 5.48. The van der Waals surface area contributed by atoms with Crippen LogP contribution in [0.3, 0.4) is 0 Å². The first-order chi connectivity index (χ1) is 9.17. The van der Waals surface area contributed by atoms with Gasteiger partial charge in [0.1, 0.15) is 5.84 Å². The molecule has 0 aliphatic heterocycles. The minimum atomic E-state index is 0.197. The van der Waals surface area contributed by atoms with E-state index in [9.17, 15) is 4.79 Å². The SMILES string of the molecule is CCN(CCC(N)=NO)C(=O)C1C2C3CCC(C3)C12. The first-order valence-corrected chi connectivity index (χ1v) is 7.42. The van der Waals surface area contributed by atoms with Gasteiger partial charge in [-0.15, -0.1) is 0 Å². The minimum absolute atomic E-state index is 0.197. The maximum Gasteiger partial charge on any atom is 0.226 e. The third-order valence-corrected chi connectivity index (χ3v) is 5.48. The summed E-state index contributed by atoms with van der Waals surface area (Å²) in [6, 6.07) is 0. The second-order valence-electron chi connectivity index (χ2n) is 6.27. The number of nitrogens with zero attached hydrogens (tertiary/aromatic N) is 2. The van der Waals surface area contributed by atoms with Crippen molar-refractivity contribution in [3.05, 3.63) is 0 Å². The zero-order valence-electron chi connectivity index (χ0n) is 11.5. The van der Waals surface area contributed by atoms with E-state index >= 15 is 0 Å². The van der Waals surface area contributed by atoms with Gasteiger partial charge in [0.2, 0.25) is 5.91 Å². The number of amides is 1. The van der Waals surface area contributed by atoms with Crippen LogP contribution in [-0.4, -0.2) is 34.9 Å². The molecule has 5 heteroatoms. The van der Waals surface area contributed by atoms with Crippen LogP contribution >= 0.6 is 0 Å².